The summed E-state index contributed by atoms with van der Waals surface area (Å²) < 4.78 is 5.99. The fourth-order valence-electron chi connectivity index (χ4n) is 2.79. The summed E-state index contributed by atoms with van der Waals surface area (Å²) >= 11 is 1.69. The van der Waals surface area contributed by atoms with Crippen molar-refractivity contribution in [2.75, 3.05) is 0 Å². The first-order chi connectivity index (χ1) is 10.7. The SMILES string of the molecule is Oc1cc(O)c2c(c1)Oc1cc(-c3cccs3)ccc1CC2. The lowest BCUT2D eigenvalue weighted by Crippen LogP contribution is -1.89. The highest BCUT2D eigenvalue weighted by Gasteiger charge is 2.19. The average Bonchev–Trinajstić information content (AvgIpc) is 2.95. The number of thiophene rings is 1. The molecule has 1 aliphatic heterocycles. The molecule has 3 aromatic rings. The standard InChI is InChI=1S/C18H14O3S/c19-13-9-15(20)14-6-5-11-3-4-12(18-2-1-7-22-18)8-16(11)21-17(14)10-13/h1-4,7-10,19-20H,5-6H2. The Kier molecular flexibility index (Phi) is 3.05. The molecule has 1 aromatic heterocycles. The highest BCUT2D eigenvalue weighted by atomic mass is 32.1. The molecule has 0 aliphatic carbocycles. The zero-order valence-corrected chi connectivity index (χ0v) is 12.6. The van der Waals surface area contributed by atoms with E-state index in [1.54, 1.807) is 17.4 Å². The summed E-state index contributed by atoms with van der Waals surface area (Å²) in [5.74, 6) is 1.41. The summed E-state index contributed by atoms with van der Waals surface area (Å²) in [5, 5.41) is 21.7. The Hall–Kier alpha value is -2.46. The summed E-state index contributed by atoms with van der Waals surface area (Å²) in [6.07, 6.45) is 1.48. The Bertz CT molecular complexity index is 838. The number of phenolic OH excluding ortho intramolecular Hbond substituents is 2. The summed E-state index contributed by atoms with van der Waals surface area (Å²) in [5.41, 5.74) is 2.96. The summed E-state index contributed by atoms with van der Waals surface area (Å²) in [7, 11) is 0. The van der Waals surface area contributed by atoms with Crippen LogP contribution in [-0.2, 0) is 12.8 Å². The minimum absolute atomic E-state index is 0.00844. The summed E-state index contributed by atoms with van der Waals surface area (Å²) in [6.45, 7) is 0. The monoisotopic (exact) mass is 310 g/mol. The Morgan fingerprint density at radius 2 is 1.86 bits per heavy atom. The van der Waals surface area contributed by atoms with Crippen LogP contribution in [0, 0.1) is 0 Å². The van der Waals surface area contributed by atoms with E-state index in [0.29, 0.717) is 12.2 Å². The second kappa shape index (κ2) is 5.07. The molecule has 0 saturated heterocycles. The molecule has 0 fully saturated rings. The normalized spacial score (nSPS) is 12.9. The molecule has 110 valence electrons. The van der Waals surface area contributed by atoms with Gasteiger partial charge in [0.15, 0.2) is 0 Å². The van der Waals surface area contributed by atoms with Gasteiger partial charge in [0.2, 0.25) is 0 Å². The fourth-order valence-corrected chi connectivity index (χ4v) is 3.51. The van der Waals surface area contributed by atoms with Crippen molar-refractivity contribution < 1.29 is 14.9 Å². The van der Waals surface area contributed by atoms with Crippen LogP contribution in [0.4, 0.5) is 0 Å². The maximum atomic E-state index is 10.0. The van der Waals surface area contributed by atoms with Crippen molar-refractivity contribution in [1.82, 2.24) is 0 Å². The van der Waals surface area contributed by atoms with Crippen LogP contribution < -0.4 is 4.74 Å². The van der Waals surface area contributed by atoms with Crippen LogP contribution in [0.5, 0.6) is 23.0 Å². The van der Waals surface area contributed by atoms with Crippen molar-refractivity contribution in [3.05, 3.63) is 59.0 Å². The Morgan fingerprint density at radius 3 is 2.68 bits per heavy atom. The van der Waals surface area contributed by atoms with E-state index in [2.05, 4.69) is 18.2 Å². The third kappa shape index (κ3) is 2.22. The van der Waals surface area contributed by atoms with E-state index in [-0.39, 0.29) is 11.5 Å². The van der Waals surface area contributed by atoms with Gasteiger partial charge in [-0.3, -0.25) is 0 Å². The summed E-state index contributed by atoms with van der Waals surface area (Å²) in [6, 6.07) is 13.2. The predicted octanol–water partition coefficient (Wildman–Crippen LogP) is 4.72. The zero-order chi connectivity index (χ0) is 15.1. The third-order valence-corrected chi connectivity index (χ3v) is 4.83. The Balaban J connectivity index is 1.80. The molecule has 3 nitrogen and oxygen atoms in total. The van der Waals surface area contributed by atoms with Gasteiger partial charge in [-0.15, -0.1) is 11.3 Å². The molecule has 0 spiro atoms. The Morgan fingerprint density at radius 1 is 0.955 bits per heavy atom. The molecule has 4 rings (SSSR count). The number of aryl methyl sites for hydroxylation is 1. The van der Waals surface area contributed by atoms with Gasteiger partial charge in [0.1, 0.15) is 23.0 Å². The average molecular weight is 310 g/mol. The van der Waals surface area contributed by atoms with Gasteiger partial charge >= 0.3 is 0 Å². The molecule has 22 heavy (non-hydrogen) atoms. The van der Waals surface area contributed by atoms with Crippen LogP contribution in [-0.4, -0.2) is 10.2 Å². The first-order valence-electron chi connectivity index (χ1n) is 7.10. The first kappa shape index (κ1) is 13.2. The molecule has 4 heteroatoms. The molecule has 2 N–H and O–H groups in total. The summed E-state index contributed by atoms with van der Waals surface area (Å²) in [4.78, 5) is 1.19. The van der Waals surface area contributed by atoms with Crippen LogP contribution in [0.15, 0.2) is 47.8 Å². The predicted molar refractivity (Wildman–Crippen MR) is 87.0 cm³/mol. The highest BCUT2D eigenvalue weighted by molar-refractivity contribution is 7.13. The van der Waals surface area contributed by atoms with Gasteiger partial charge in [0.25, 0.3) is 0 Å². The highest BCUT2D eigenvalue weighted by Crippen LogP contribution is 2.41. The van der Waals surface area contributed by atoms with Crippen molar-refractivity contribution in [1.29, 1.82) is 0 Å². The van der Waals surface area contributed by atoms with Gasteiger partial charge in [-0.25, -0.2) is 0 Å². The molecule has 0 unspecified atom stereocenters. The fraction of sp³-hybridized carbons (Fsp3) is 0.111. The van der Waals surface area contributed by atoms with E-state index in [4.69, 9.17) is 4.74 Å². The maximum absolute atomic E-state index is 10.0. The molecule has 0 bridgehead atoms. The van der Waals surface area contributed by atoms with E-state index in [1.807, 2.05) is 17.5 Å². The number of aromatic hydroxyl groups is 2. The maximum Gasteiger partial charge on any atom is 0.138 e. The van der Waals surface area contributed by atoms with Gasteiger partial charge in [0.05, 0.1) is 0 Å². The van der Waals surface area contributed by atoms with Gasteiger partial charge in [0, 0.05) is 22.6 Å². The topological polar surface area (TPSA) is 49.7 Å². The number of fused-ring (bicyclic) bond motifs is 2. The van der Waals surface area contributed by atoms with E-state index >= 15 is 0 Å². The van der Waals surface area contributed by atoms with Gasteiger partial charge in [-0.05, 0) is 41.5 Å². The molecular weight excluding hydrogens is 296 g/mol. The van der Waals surface area contributed by atoms with E-state index in [1.165, 1.54) is 10.9 Å². The van der Waals surface area contributed by atoms with Crippen molar-refractivity contribution in [3.8, 4) is 33.4 Å². The molecule has 0 amide bonds. The second-order valence-corrected chi connectivity index (χ2v) is 6.29. The van der Waals surface area contributed by atoms with Crippen molar-refractivity contribution in [3.63, 3.8) is 0 Å². The minimum Gasteiger partial charge on any atom is -0.508 e. The van der Waals surface area contributed by atoms with Gasteiger partial charge in [-0.2, -0.15) is 0 Å². The smallest absolute Gasteiger partial charge is 0.138 e. The van der Waals surface area contributed by atoms with Crippen molar-refractivity contribution >= 4 is 11.3 Å². The lowest BCUT2D eigenvalue weighted by atomic mass is 10.0. The van der Waals surface area contributed by atoms with Crippen LogP contribution in [0.3, 0.4) is 0 Å². The lowest BCUT2D eigenvalue weighted by Gasteiger charge is -2.11. The molecule has 2 aromatic carbocycles. The van der Waals surface area contributed by atoms with Crippen LogP contribution in [0.1, 0.15) is 11.1 Å². The molecule has 0 atom stereocenters. The van der Waals surface area contributed by atoms with Crippen LogP contribution in [0.2, 0.25) is 0 Å². The number of hydrogen-bond donors (Lipinski definition) is 2. The second-order valence-electron chi connectivity index (χ2n) is 5.34. The van der Waals surface area contributed by atoms with E-state index in [9.17, 15) is 10.2 Å². The molecule has 2 heterocycles. The number of rotatable bonds is 1. The van der Waals surface area contributed by atoms with Gasteiger partial charge in [-0.1, -0.05) is 18.2 Å². The molecule has 1 aliphatic rings. The van der Waals surface area contributed by atoms with E-state index < -0.39 is 0 Å². The third-order valence-electron chi connectivity index (χ3n) is 3.91. The lowest BCUT2D eigenvalue weighted by molar-refractivity contribution is 0.427. The van der Waals surface area contributed by atoms with Crippen molar-refractivity contribution in [2.24, 2.45) is 0 Å². The zero-order valence-electron chi connectivity index (χ0n) is 11.7. The molecular formula is C18H14O3S. The van der Waals surface area contributed by atoms with Gasteiger partial charge < -0.3 is 14.9 Å². The largest absolute Gasteiger partial charge is 0.508 e. The van der Waals surface area contributed by atoms with E-state index in [0.717, 1.165) is 28.9 Å². The van der Waals surface area contributed by atoms with Crippen LogP contribution in [0.25, 0.3) is 10.4 Å². The number of ether oxygens (including phenoxy) is 1. The quantitative estimate of drug-likeness (QED) is 0.684. The molecule has 0 radical (unpaired) electrons. The Labute approximate surface area is 132 Å². The number of hydrogen-bond acceptors (Lipinski definition) is 4. The first-order valence-corrected chi connectivity index (χ1v) is 7.98. The number of benzene rings is 2. The van der Waals surface area contributed by atoms with Crippen molar-refractivity contribution in [2.45, 2.75) is 12.8 Å². The van der Waals surface area contributed by atoms with Crippen LogP contribution >= 0.6 is 11.3 Å². The molecule has 0 saturated carbocycles. The minimum atomic E-state index is 0.00844. The number of phenols is 2.